The molecular formula is C20H20ClNO4. The molecule has 6 heteroatoms. The summed E-state index contributed by atoms with van der Waals surface area (Å²) in [4.78, 5) is 12.2. The fourth-order valence-corrected chi connectivity index (χ4v) is 2.35. The molecule has 136 valence electrons. The van der Waals surface area contributed by atoms with Crippen molar-refractivity contribution in [2.24, 2.45) is 0 Å². The minimum Gasteiger partial charge on any atom is -0.495 e. The molecule has 0 fully saturated rings. The highest BCUT2D eigenvalue weighted by Crippen LogP contribution is 2.29. The largest absolute Gasteiger partial charge is 0.495 e. The number of carbonyl (C=O) groups is 1. The van der Waals surface area contributed by atoms with Crippen molar-refractivity contribution >= 4 is 29.3 Å². The molecule has 1 N–H and O–H groups in total. The summed E-state index contributed by atoms with van der Waals surface area (Å²) >= 11 is 5.96. The molecule has 0 saturated carbocycles. The lowest BCUT2D eigenvalue weighted by atomic mass is 10.2. The van der Waals surface area contributed by atoms with Crippen LogP contribution in [0.3, 0.4) is 0 Å². The van der Waals surface area contributed by atoms with E-state index in [0.717, 1.165) is 5.56 Å². The molecule has 0 aliphatic carbocycles. The van der Waals surface area contributed by atoms with Crippen LogP contribution in [0.25, 0.3) is 6.08 Å². The maximum Gasteiger partial charge on any atom is 0.248 e. The summed E-state index contributed by atoms with van der Waals surface area (Å²) in [5.74, 6) is 1.40. The predicted octanol–water partition coefficient (Wildman–Crippen LogP) is 4.57. The number of nitrogens with one attached hydrogen (secondary N) is 1. The standard InChI is InChI=1S/C20H20ClNO4/c1-4-11-26-18-8-5-14(12-19(18)25-3)6-10-20(23)22-16-13-15(21)7-9-17(16)24-2/h4-10,12-13H,1,11H2,2-3H3,(H,22,23)/b10-6+. The topological polar surface area (TPSA) is 56.8 Å². The summed E-state index contributed by atoms with van der Waals surface area (Å²) in [6, 6.07) is 10.4. The highest BCUT2D eigenvalue weighted by atomic mass is 35.5. The molecule has 0 unspecified atom stereocenters. The Morgan fingerprint density at radius 3 is 2.54 bits per heavy atom. The maximum absolute atomic E-state index is 12.2. The van der Waals surface area contributed by atoms with E-state index in [1.165, 1.54) is 13.2 Å². The molecule has 2 rings (SSSR count). The van der Waals surface area contributed by atoms with Gasteiger partial charge in [-0.1, -0.05) is 30.3 Å². The van der Waals surface area contributed by atoms with Crippen LogP contribution in [0.2, 0.25) is 5.02 Å². The number of ether oxygens (including phenoxy) is 3. The van der Waals surface area contributed by atoms with Gasteiger partial charge in [-0.15, -0.1) is 0 Å². The zero-order valence-electron chi connectivity index (χ0n) is 14.6. The van der Waals surface area contributed by atoms with Gasteiger partial charge in [0.25, 0.3) is 0 Å². The van der Waals surface area contributed by atoms with Crippen LogP contribution in [0.15, 0.2) is 55.1 Å². The second-order valence-electron chi connectivity index (χ2n) is 5.18. The molecule has 0 bridgehead atoms. The minimum atomic E-state index is -0.309. The number of amides is 1. The third kappa shape index (κ3) is 5.29. The third-order valence-corrected chi connectivity index (χ3v) is 3.63. The maximum atomic E-state index is 12.2. The highest BCUT2D eigenvalue weighted by molar-refractivity contribution is 6.31. The van der Waals surface area contributed by atoms with E-state index < -0.39 is 0 Å². The van der Waals surface area contributed by atoms with Crippen LogP contribution in [0.4, 0.5) is 5.69 Å². The number of anilines is 1. The van der Waals surface area contributed by atoms with Gasteiger partial charge < -0.3 is 19.5 Å². The molecule has 5 nitrogen and oxygen atoms in total. The zero-order valence-corrected chi connectivity index (χ0v) is 15.4. The third-order valence-electron chi connectivity index (χ3n) is 3.39. The van der Waals surface area contributed by atoms with E-state index >= 15 is 0 Å². The fraction of sp³-hybridized carbons (Fsp3) is 0.150. The summed E-state index contributed by atoms with van der Waals surface area (Å²) in [6.07, 6.45) is 4.74. The lowest BCUT2D eigenvalue weighted by Gasteiger charge is -2.10. The number of hydrogen-bond acceptors (Lipinski definition) is 4. The smallest absolute Gasteiger partial charge is 0.248 e. The van der Waals surface area contributed by atoms with Gasteiger partial charge in [0.2, 0.25) is 5.91 Å². The first-order valence-corrected chi connectivity index (χ1v) is 8.19. The molecule has 0 atom stereocenters. The van der Waals surface area contributed by atoms with Crippen molar-refractivity contribution in [3.63, 3.8) is 0 Å². The van der Waals surface area contributed by atoms with Gasteiger partial charge in [0.1, 0.15) is 12.4 Å². The van der Waals surface area contributed by atoms with Crippen LogP contribution in [-0.4, -0.2) is 26.7 Å². The van der Waals surface area contributed by atoms with Crippen molar-refractivity contribution < 1.29 is 19.0 Å². The van der Waals surface area contributed by atoms with E-state index in [0.29, 0.717) is 34.6 Å². The number of carbonyl (C=O) groups excluding carboxylic acids is 1. The van der Waals surface area contributed by atoms with Gasteiger partial charge in [-0.25, -0.2) is 0 Å². The van der Waals surface area contributed by atoms with Crippen LogP contribution in [0, 0.1) is 0 Å². The molecule has 0 saturated heterocycles. The fourth-order valence-electron chi connectivity index (χ4n) is 2.18. The summed E-state index contributed by atoms with van der Waals surface area (Å²) in [7, 11) is 3.08. The Kier molecular flexibility index (Phi) is 7.12. The molecule has 26 heavy (non-hydrogen) atoms. The molecule has 0 spiro atoms. The van der Waals surface area contributed by atoms with E-state index in [1.54, 1.807) is 49.6 Å². The van der Waals surface area contributed by atoms with Gasteiger partial charge in [0.05, 0.1) is 19.9 Å². The molecule has 0 aliphatic heterocycles. The first-order valence-electron chi connectivity index (χ1n) is 7.81. The average Bonchev–Trinajstić information content (AvgIpc) is 2.65. The molecule has 0 aromatic heterocycles. The molecule has 0 heterocycles. The van der Waals surface area contributed by atoms with Gasteiger partial charge in [-0.2, -0.15) is 0 Å². The van der Waals surface area contributed by atoms with Gasteiger partial charge in [-0.3, -0.25) is 4.79 Å². The summed E-state index contributed by atoms with van der Waals surface area (Å²) in [5.41, 5.74) is 1.29. The minimum absolute atomic E-state index is 0.309. The van der Waals surface area contributed by atoms with E-state index in [1.807, 2.05) is 6.07 Å². The van der Waals surface area contributed by atoms with E-state index in [-0.39, 0.29) is 5.91 Å². The van der Waals surface area contributed by atoms with Crippen LogP contribution in [0.1, 0.15) is 5.56 Å². The first-order chi connectivity index (χ1) is 12.6. The highest BCUT2D eigenvalue weighted by Gasteiger charge is 2.07. The number of rotatable bonds is 8. The van der Waals surface area contributed by atoms with Crippen molar-refractivity contribution in [1.29, 1.82) is 0 Å². The van der Waals surface area contributed by atoms with E-state index in [9.17, 15) is 4.79 Å². The quantitative estimate of drug-likeness (QED) is 0.543. The number of methoxy groups -OCH3 is 2. The van der Waals surface area contributed by atoms with Gasteiger partial charge in [0, 0.05) is 11.1 Å². The molecule has 2 aromatic carbocycles. The Balaban J connectivity index is 2.10. The summed E-state index contributed by atoms with van der Waals surface area (Å²) in [5, 5.41) is 3.24. The second-order valence-corrected chi connectivity index (χ2v) is 5.61. The van der Waals surface area contributed by atoms with Crippen LogP contribution >= 0.6 is 11.6 Å². The normalized spacial score (nSPS) is 10.4. The predicted molar refractivity (Wildman–Crippen MR) is 104 cm³/mol. The van der Waals surface area contributed by atoms with Gasteiger partial charge in [-0.05, 0) is 42.0 Å². The average molecular weight is 374 g/mol. The lowest BCUT2D eigenvalue weighted by Crippen LogP contribution is -2.08. The number of benzene rings is 2. The van der Waals surface area contributed by atoms with Gasteiger partial charge in [0.15, 0.2) is 11.5 Å². The SMILES string of the molecule is C=CCOc1ccc(/C=C/C(=O)Nc2cc(Cl)ccc2OC)cc1OC. The Hall–Kier alpha value is -2.92. The molecular weight excluding hydrogens is 354 g/mol. The van der Waals surface area contributed by atoms with E-state index in [4.69, 9.17) is 25.8 Å². The molecule has 0 radical (unpaired) electrons. The Morgan fingerprint density at radius 1 is 1.12 bits per heavy atom. The molecule has 0 aliphatic rings. The van der Waals surface area contributed by atoms with Crippen LogP contribution < -0.4 is 19.5 Å². The zero-order chi connectivity index (χ0) is 18.9. The molecule has 2 aromatic rings. The van der Waals surface area contributed by atoms with Crippen molar-refractivity contribution in [1.82, 2.24) is 0 Å². The van der Waals surface area contributed by atoms with Crippen LogP contribution in [0.5, 0.6) is 17.2 Å². The number of halogens is 1. The summed E-state index contributed by atoms with van der Waals surface area (Å²) in [6.45, 7) is 4.00. The monoisotopic (exact) mass is 373 g/mol. The van der Waals surface area contributed by atoms with Crippen LogP contribution in [-0.2, 0) is 4.79 Å². The first kappa shape index (κ1) is 19.4. The van der Waals surface area contributed by atoms with E-state index in [2.05, 4.69) is 11.9 Å². The Labute approximate surface area is 157 Å². The summed E-state index contributed by atoms with van der Waals surface area (Å²) < 4.78 is 16.0. The van der Waals surface area contributed by atoms with Crippen molar-refractivity contribution in [2.45, 2.75) is 0 Å². The van der Waals surface area contributed by atoms with Gasteiger partial charge >= 0.3 is 0 Å². The van der Waals surface area contributed by atoms with Crippen molar-refractivity contribution in [2.75, 3.05) is 26.1 Å². The second kappa shape index (κ2) is 9.53. The van der Waals surface area contributed by atoms with Crippen molar-refractivity contribution in [3.05, 3.63) is 65.7 Å². The molecule has 1 amide bonds. The lowest BCUT2D eigenvalue weighted by molar-refractivity contribution is -0.111. The Bertz CT molecular complexity index is 817. The Morgan fingerprint density at radius 2 is 1.85 bits per heavy atom. The van der Waals surface area contributed by atoms with Crippen molar-refractivity contribution in [3.8, 4) is 17.2 Å². The number of hydrogen-bond donors (Lipinski definition) is 1.